The van der Waals surface area contributed by atoms with E-state index in [0.717, 1.165) is 5.75 Å². The van der Waals surface area contributed by atoms with Crippen molar-refractivity contribution in [3.63, 3.8) is 0 Å². The van der Waals surface area contributed by atoms with Gasteiger partial charge in [0.2, 0.25) is 5.89 Å². The average Bonchev–Trinajstić information content (AvgIpc) is 2.36. The third kappa shape index (κ3) is 2.11. The van der Waals surface area contributed by atoms with Gasteiger partial charge in [0, 0.05) is 11.7 Å². The Morgan fingerprint density at radius 3 is 2.91 bits per heavy atom. The van der Waals surface area contributed by atoms with E-state index in [1.54, 1.807) is 11.8 Å². The van der Waals surface area contributed by atoms with E-state index in [4.69, 9.17) is 10.3 Å². The maximum atomic E-state index is 5.29. The van der Waals surface area contributed by atoms with Crippen LogP contribution < -0.4 is 5.73 Å². The number of anilines is 1. The van der Waals surface area contributed by atoms with Gasteiger partial charge in [0.1, 0.15) is 0 Å². The van der Waals surface area contributed by atoms with Crippen LogP contribution in [0, 0.1) is 0 Å². The molecule has 0 aliphatic rings. The maximum absolute atomic E-state index is 5.29. The maximum Gasteiger partial charge on any atom is 0.260 e. The van der Waals surface area contributed by atoms with Crippen LogP contribution in [0.4, 0.5) is 5.95 Å². The number of nitrogens with two attached hydrogens (primary N) is 1. The Labute approximate surface area is 69.5 Å². The van der Waals surface area contributed by atoms with Crippen LogP contribution in [0.15, 0.2) is 4.52 Å². The molecule has 2 N–H and O–H groups in total. The van der Waals surface area contributed by atoms with Gasteiger partial charge in [0.05, 0.1) is 0 Å². The first-order chi connectivity index (χ1) is 5.24. The van der Waals surface area contributed by atoms with E-state index >= 15 is 0 Å². The summed E-state index contributed by atoms with van der Waals surface area (Å²) in [6, 6.07) is 0. The molecule has 1 heterocycles. The van der Waals surface area contributed by atoms with Crippen LogP contribution in [0.1, 0.15) is 18.7 Å². The summed E-state index contributed by atoms with van der Waals surface area (Å²) in [5, 5.41) is 3.50. The van der Waals surface area contributed by atoms with Gasteiger partial charge in [-0.25, -0.2) is 0 Å². The Balaban J connectivity index is 2.60. The molecule has 0 aliphatic heterocycles. The summed E-state index contributed by atoms with van der Waals surface area (Å²) in [6.45, 7) is 2.03. The Morgan fingerprint density at radius 1 is 1.73 bits per heavy atom. The van der Waals surface area contributed by atoms with Crippen molar-refractivity contribution >= 4 is 17.7 Å². The van der Waals surface area contributed by atoms with Crippen molar-refractivity contribution in [2.75, 3.05) is 17.7 Å². The van der Waals surface area contributed by atoms with Crippen molar-refractivity contribution in [1.29, 1.82) is 0 Å². The van der Waals surface area contributed by atoms with Crippen LogP contribution in [0.5, 0.6) is 0 Å². The lowest BCUT2D eigenvalue weighted by Crippen LogP contribution is -1.97. The summed E-state index contributed by atoms with van der Waals surface area (Å²) in [5.41, 5.74) is 5.29. The molecule has 1 aromatic heterocycles. The molecule has 1 atom stereocenters. The minimum absolute atomic E-state index is 0.216. The normalized spacial score (nSPS) is 13.3. The van der Waals surface area contributed by atoms with Crippen molar-refractivity contribution in [1.82, 2.24) is 10.1 Å². The van der Waals surface area contributed by atoms with E-state index in [2.05, 4.69) is 10.1 Å². The van der Waals surface area contributed by atoms with Crippen LogP contribution in [0.25, 0.3) is 0 Å². The van der Waals surface area contributed by atoms with Gasteiger partial charge in [-0.3, -0.25) is 0 Å². The minimum atomic E-state index is 0.216. The van der Waals surface area contributed by atoms with Gasteiger partial charge in [0.25, 0.3) is 5.95 Å². The van der Waals surface area contributed by atoms with Gasteiger partial charge in [0.15, 0.2) is 0 Å². The zero-order chi connectivity index (χ0) is 8.27. The van der Waals surface area contributed by atoms with Crippen molar-refractivity contribution in [3.05, 3.63) is 5.89 Å². The zero-order valence-electron chi connectivity index (χ0n) is 6.57. The van der Waals surface area contributed by atoms with Gasteiger partial charge in [-0.15, -0.1) is 0 Å². The van der Waals surface area contributed by atoms with Gasteiger partial charge in [-0.2, -0.15) is 16.7 Å². The van der Waals surface area contributed by atoms with Crippen LogP contribution >= 0.6 is 11.8 Å². The Morgan fingerprint density at radius 2 is 2.45 bits per heavy atom. The minimum Gasteiger partial charge on any atom is -0.365 e. The van der Waals surface area contributed by atoms with E-state index in [0.29, 0.717) is 5.89 Å². The summed E-state index contributed by atoms with van der Waals surface area (Å²) in [5.74, 6) is 2.10. The lowest BCUT2D eigenvalue weighted by Gasteiger charge is -2.00. The number of nitrogens with zero attached hydrogens (tertiary/aromatic N) is 2. The Kier molecular flexibility index (Phi) is 2.76. The highest BCUT2D eigenvalue weighted by atomic mass is 32.2. The standard InChI is InChI=1S/C6H11N3OS/c1-4(3-11-2)5-8-6(7)9-10-5/h4H,3H2,1-2H3,(H2,7,9). The quantitative estimate of drug-likeness (QED) is 0.742. The molecule has 0 saturated carbocycles. The van der Waals surface area contributed by atoms with Crippen LogP contribution in [-0.4, -0.2) is 22.1 Å². The molecule has 0 fully saturated rings. The molecular weight excluding hydrogens is 162 g/mol. The predicted molar refractivity (Wildman–Crippen MR) is 45.5 cm³/mol. The van der Waals surface area contributed by atoms with E-state index in [1.165, 1.54) is 0 Å². The Bertz CT molecular complexity index is 225. The highest BCUT2D eigenvalue weighted by Crippen LogP contribution is 2.16. The van der Waals surface area contributed by atoms with E-state index in [-0.39, 0.29) is 11.9 Å². The summed E-state index contributed by atoms with van der Waals surface area (Å²) >= 11 is 1.75. The number of thioether (sulfide) groups is 1. The first-order valence-electron chi connectivity index (χ1n) is 3.32. The fourth-order valence-electron chi connectivity index (χ4n) is 0.769. The SMILES string of the molecule is CSCC(C)c1nc(N)no1. The second kappa shape index (κ2) is 3.61. The highest BCUT2D eigenvalue weighted by Gasteiger charge is 2.11. The summed E-state index contributed by atoms with van der Waals surface area (Å²) in [7, 11) is 0. The van der Waals surface area contributed by atoms with E-state index in [9.17, 15) is 0 Å². The molecule has 1 rings (SSSR count). The second-order valence-corrected chi connectivity index (χ2v) is 3.26. The molecule has 1 aromatic rings. The molecule has 5 heteroatoms. The second-order valence-electron chi connectivity index (χ2n) is 2.35. The molecule has 0 amide bonds. The first-order valence-corrected chi connectivity index (χ1v) is 4.71. The number of hydrogen-bond acceptors (Lipinski definition) is 5. The molecular formula is C6H11N3OS. The molecule has 4 nitrogen and oxygen atoms in total. The number of nitrogen functional groups attached to an aromatic ring is 1. The summed E-state index contributed by atoms with van der Waals surface area (Å²) in [6.07, 6.45) is 2.04. The lowest BCUT2D eigenvalue weighted by atomic mass is 10.2. The zero-order valence-corrected chi connectivity index (χ0v) is 7.39. The van der Waals surface area contributed by atoms with Gasteiger partial charge in [-0.05, 0) is 11.4 Å². The van der Waals surface area contributed by atoms with E-state index < -0.39 is 0 Å². The number of rotatable bonds is 3. The molecule has 0 aliphatic carbocycles. The monoisotopic (exact) mass is 173 g/mol. The summed E-state index contributed by atoms with van der Waals surface area (Å²) in [4.78, 5) is 3.92. The molecule has 11 heavy (non-hydrogen) atoms. The fourth-order valence-corrected chi connectivity index (χ4v) is 1.41. The molecule has 0 aromatic carbocycles. The largest absolute Gasteiger partial charge is 0.365 e. The summed E-state index contributed by atoms with van der Waals surface area (Å²) < 4.78 is 4.88. The van der Waals surface area contributed by atoms with Crippen molar-refractivity contribution < 1.29 is 4.52 Å². The average molecular weight is 173 g/mol. The fraction of sp³-hybridized carbons (Fsp3) is 0.667. The topological polar surface area (TPSA) is 64.9 Å². The Hall–Kier alpha value is -0.710. The van der Waals surface area contributed by atoms with Crippen molar-refractivity contribution in [3.8, 4) is 0 Å². The molecule has 0 saturated heterocycles. The number of hydrogen-bond donors (Lipinski definition) is 1. The van der Waals surface area contributed by atoms with Crippen molar-refractivity contribution in [2.45, 2.75) is 12.8 Å². The smallest absolute Gasteiger partial charge is 0.260 e. The van der Waals surface area contributed by atoms with E-state index in [1.807, 2.05) is 13.2 Å². The van der Waals surface area contributed by atoms with Crippen LogP contribution in [0.3, 0.4) is 0 Å². The van der Waals surface area contributed by atoms with Gasteiger partial charge >= 0.3 is 0 Å². The molecule has 0 bridgehead atoms. The van der Waals surface area contributed by atoms with Crippen LogP contribution in [-0.2, 0) is 0 Å². The lowest BCUT2D eigenvalue weighted by molar-refractivity contribution is 0.367. The van der Waals surface area contributed by atoms with Crippen LogP contribution in [0.2, 0.25) is 0 Å². The highest BCUT2D eigenvalue weighted by molar-refractivity contribution is 7.98. The molecule has 1 unspecified atom stereocenters. The molecule has 0 spiro atoms. The molecule has 0 radical (unpaired) electrons. The first kappa shape index (κ1) is 8.39. The van der Waals surface area contributed by atoms with Crippen molar-refractivity contribution in [2.24, 2.45) is 0 Å². The third-order valence-corrected chi connectivity index (χ3v) is 2.13. The van der Waals surface area contributed by atoms with Gasteiger partial charge in [-0.1, -0.05) is 6.92 Å². The predicted octanol–water partition coefficient (Wildman–Crippen LogP) is 1.12. The number of aromatic nitrogens is 2. The third-order valence-electron chi connectivity index (χ3n) is 1.30. The van der Waals surface area contributed by atoms with Gasteiger partial charge < -0.3 is 10.3 Å². The molecule has 62 valence electrons.